The van der Waals surface area contributed by atoms with Crippen molar-refractivity contribution in [2.45, 2.75) is 79.5 Å². The van der Waals surface area contributed by atoms with E-state index in [1.54, 1.807) is 12.7 Å². The van der Waals surface area contributed by atoms with Gasteiger partial charge in [0.2, 0.25) is 0 Å². The van der Waals surface area contributed by atoms with Gasteiger partial charge in [-0.2, -0.15) is 0 Å². The van der Waals surface area contributed by atoms with Crippen LogP contribution in [-0.2, 0) is 5.41 Å². The van der Waals surface area contributed by atoms with Gasteiger partial charge in [0.05, 0.1) is 31.3 Å². The quantitative estimate of drug-likeness (QED) is 0.557. The van der Waals surface area contributed by atoms with Crippen LogP contribution in [0.4, 0.5) is 0 Å². The summed E-state index contributed by atoms with van der Waals surface area (Å²) in [5, 5.41) is 2.14. The van der Waals surface area contributed by atoms with E-state index in [0.29, 0.717) is 20.5 Å². The van der Waals surface area contributed by atoms with E-state index in [4.69, 9.17) is 4.74 Å². The number of benzene rings is 1. The molecule has 4 aliphatic rings. The van der Waals surface area contributed by atoms with Gasteiger partial charge in [-0.15, -0.1) is 0 Å². The third kappa shape index (κ3) is 1.13. The molecule has 4 aliphatic carbocycles. The highest BCUT2D eigenvalue weighted by Gasteiger charge is 3.38. The molecule has 0 heterocycles. The topological polar surface area (TPSA) is 9.23 Å². The Hall–Kier alpha value is -0.329. The second-order valence-electron chi connectivity index (χ2n) is 11.5. The number of rotatable bonds is 5. The highest BCUT2D eigenvalue weighted by Crippen LogP contribution is 3.49. The van der Waals surface area contributed by atoms with Gasteiger partial charge in [-0.25, -0.2) is 0 Å². The minimum Gasteiger partial charge on any atom is -0.497 e. The highest BCUT2D eigenvalue weighted by molar-refractivity contribution is 7.06. The Balaban J connectivity index is 1.93. The molecule has 0 aromatic heterocycles. The van der Waals surface area contributed by atoms with E-state index in [9.17, 15) is 0 Å². The summed E-state index contributed by atoms with van der Waals surface area (Å²) in [4.78, 5) is 0. The summed E-state index contributed by atoms with van der Waals surface area (Å²) >= 11 is 0. The third-order valence-electron chi connectivity index (χ3n) is 8.02. The summed E-state index contributed by atoms with van der Waals surface area (Å²) in [6, 6.07) is 9.21. The van der Waals surface area contributed by atoms with Crippen molar-refractivity contribution in [3.63, 3.8) is 0 Å². The van der Waals surface area contributed by atoms with E-state index < -0.39 is 24.2 Å². The lowest BCUT2D eigenvalue weighted by atomic mass is 10.1. The zero-order chi connectivity index (χ0) is 18.2. The first-order valence-electron chi connectivity index (χ1n) is 9.43. The van der Waals surface area contributed by atoms with E-state index in [1.807, 2.05) is 0 Å². The van der Waals surface area contributed by atoms with Gasteiger partial charge < -0.3 is 4.74 Å². The average molecular weight is 375 g/mol. The third-order valence-corrected chi connectivity index (χ3v) is 18.9. The Morgan fingerprint density at radius 1 is 0.625 bits per heavy atom. The maximum absolute atomic E-state index is 5.43. The molecule has 24 heavy (non-hydrogen) atoms. The molecule has 0 aliphatic heterocycles. The van der Waals surface area contributed by atoms with Crippen molar-refractivity contribution in [3.8, 4) is 5.75 Å². The molecule has 0 N–H and O–H groups in total. The first-order chi connectivity index (χ1) is 10.8. The van der Waals surface area contributed by atoms with Crippen LogP contribution < -0.4 is 4.74 Å². The second kappa shape index (κ2) is 3.84. The Labute approximate surface area is 151 Å². The molecule has 1 nitrogen and oxygen atoms in total. The largest absolute Gasteiger partial charge is 0.497 e. The number of ether oxygens (including phenoxy) is 1. The normalized spacial score (nSPS) is 42.4. The maximum Gasteiger partial charge on any atom is 0.118 e. The van der Waals surface area contributed by atoms with Crippen LogP contribution in [0.1, 0.15) is 5.56 Å². The summed E-state index contributed by atoms with van der Waals surface area (Å²) in [6.45, 7) is 23.9. The van der Waals surface area contributed by atoms with Gasteiger partial charge in [-0.1, -0.05) is 71.1 Å². The summed E-state index contributed by atoms with van der Waals surface area (Å²) in [5.74, 6) is 0.995. The van der Waals surface area contributed by atoms with E-state index in [0.717, 1.165) is 5.75 Å². The lowest BCUT2D eigenvalue weighted by molar-refractivity contribution is 0.414. The van der Waals surface area contributed by atoms with E-state index in [-0.39, 0.29) is 0 Å². The molecule has 0 saturated heterocycles. The molecule has 0 radical (unpaired) electrons. The molecule has 1 aromatic rings. The predicted molar refractivity (Wildman–Crippen MR) is 113 cm³/mol. The van der Waals surface area contributed by atoms with Crippen molar-refractivity contribution < 1.29 is 4.74 Å². The highest BCUT2D eigenvalue weighted by atomic mass is 28.3. The molecule has 0 atom stereocenters. The van der Waals surface area contributed by atoms with Gasteiger partial charge in [0.1, 0.15) is 5.75 Å². The summed E-state index contributed by atoms with van der Waals surface area (Å²) in [6.07, 6.45) is 0. The molecule has 1 aromatic carbocycles. The summed E-state index contributed by atoms with van der Waals surface area (Å²) in [7, 11) is -1.95. The standard InChI is InChI=1S/C20H34OSi3/c1-21-16-13-11-15(12-14-16)17-18(22(2,3)4)19(17,23(5,6)7)20(17,18)24(8,9)10/h11-14H,1-10H3. The van der Waals surface area contributed by atoms with Crippen LogP contribution in [0, 0.1) is 0 Å². The summed E-state index contributed by atoms with van der Waals surface area (Å²) in [5.41, 5.74) is 2.20. The van der Waals surface area contributed by atoms with Gasteiger partial charge in [0.15, 0.2) is 0 Å². The fraction of sp³-hybridized carbons (Fsp3) is 0.700. The maximum atomic E-state index is 5.43. The van der Waals surface area contributed by atoms with Crippen molar-refractivity contribution in [1.82, 2.24) is 0 Å². The number of hydrogen-bond donors (Lipinski definition) is 0. The van der Waals surface area contributed by atoms with Gasteiger partial charge in [-0.3, -0.25) is 0 Å². The zero-order valence-corrected chi connectivity index (χ0v) is 20.2. The SMILES string of the molecule is COc1ccc(C23C4([Si](C)(C)C)C2([Si](C)(C)C)C34[Si](C)(C)C)cc1. The number of methoxy groups -OCH3 is 1. The fourth-order valence-corrected chi connectivity index (χ4v) is 29.5. The van der Waals surface area contributed by atoms with Crippen molar-refractivity contribution in [2.24, 2.45) is 0 Å². The molecule has 132 valence electrons. The van der Waals surface area contributed by atoms with E-state index in [1.165, 1.54) is 0 Å². The molecule has 0 spiro atoms. The average Bonchev–Trinajstić information content (AvgIpc) is 3.27. The van der Waals surface area contributed by atoms with Crippen molar-refractivity contribution in [2.75, 3.05) is 7.11 Å². The second-order valence-corrected chi connectivity index (χ2v) is 27.2. The van der Waals surface area contributed by atoms with Crippen molar-refractivity contribution >= 4 is 24.2 Å². The molecule has 0 unspecified atom stereocenters. The van der Waals surface area contributed by atoms with Crippen LogP contribution in [0.3, 0.4) is 0 Å². The molecular weight excluding hydrogens is 340 g/mol. The Kier molecular flexibility index (Phi) is 2.73. The van der Waals surface area contributed by atoms with E-state index in [2.05, 4.69) is 83.2 Å². The van der Waals surface area contributed by atoms with Gasteiger partial charge in [0.25, 0.3) is 0 Å². The smallest absolute Gasteiger partial charge is 0.118 e. The summed E-state index contributed by atoms with van der Waals surface area (Å²) < 4.78 is 5.43. The van der Waals surface area contributed by atoms with E-state index >= 15 is 0 Å². The Bertz CT molecular complexity index is 658. The van der Waals surface area contributed by atoms with Gasteiger partial charge in [0, 0.05) is 5.41 Å². The van der Waals surface area contributed by atoms with Crippen molar-refractivity contribution in [3.05, 3.63) is 29.8 Å². The molecular formula is C20H34OSi3. The van der Waals surface area contributed by atoms with Crippen molar-refractivity contribution in [1.29, 1.82) is 0 Å². The minimum absolute atomic E-state index is 0.554. The first-order valence-corrected chi connectivity index (χ1v) is 19.9. The Morgan fingerprint density at radius 3 is 1.21 bits per heavy atom. The lowest BCUT2D eigenvalue weighted by Crippen LogP contribution is -2.26. The molecule has 4 fully saturated rings. The van der Waals surface area contributed by atoms with Crippen LogP contribution in [-0.4, -0.2) is 31.3 Å². The van der Waals surface area contributed by atoms with Crippen LogP contribution in [0.5, 0.6) is 5.75 Å². The van der Waals surface area contributed by atoms with Crippen LogP contribution in [0.25, 0.3) is 0 Å². The fourth-order valence-electron chi connectivity index (χ4n) is 8.62. The molecule has 4 saturated carbocycles. The molecule has 0 amide bonds. The van der Waals surface area contributed by atoms with Crippen LogP contribution in [0.2, 0.25) is 74.0 Å². The molecule has 4 heteroatoms. The van der Waals surface area contributed by atoms with Gasteiger partial charge in [-0.05, 0) is 32.8 Å². The monoisotopic (exact) mass is 374 g/mol. The first kappa shape index (κ1) is 17.1. The zero-order valence-electron chi connectivity index (χ0n) is 17.2. The van der Waals surface area contributed by atoms with Crippen LogP contribution >= 0.6 is 0 Å². The Morgan fingerprint density at radius 2 is 0.958 bits per heavy atom. The molecule has 0 bridgehead atoms. The minimum atomic E-state index is -1.24. The molecule has 5 rings (SSSR count). The number of hydrogen-bond acceptors (Lipinski definition) is 1. The van der Waals surface area contributed by atoms with Gasteiger partial charge >= 0.3 is 0 Å². The predicted octanol–water partition coefficient (Wildman–Crippen LogP) is 6.21. The van der Waals surface area contributed by atoms with Crippen LogP contribution in [0.15, 0.2) is 24.3 Å². The lowest BCUT2D eigenvalue weighted by Gasteiger charge is -2.20.